The maximum atomic E-state index is 12.0. The number of carbonyl (C=O) groups excluding carboxylic acids is 1. The lowest BCUT2D eigenvalue weighted by atomic mass is 10.1. The van der Waals surface area contributed by atoms with Gasteiger partial charge in [0.05, 0.1) is 32.6 Å². The second-order valence-corrected chi connectivity index (χ2v) is 7.90. The number of nitrogen functional groups attached to an aromatic ring is 1. The summed E-state index contributed by atoms with van der Waals surface area (Å²) in [5, 5.41) is 12.7. The minimum atomic E-state index is -0.902. The second-order valence-electron chi connectivity index (χ2n) is 7.90. The molecule has 9 nitrogen and oxygen atoms in total. The van der Waals surface area contributed by atoms with Gasteiger partial charge in [-0.05, 0) is 31.2 Å². The van der Waals surface area contributed by atoms with Crippen LogP contribution in [0.25, 0.3) is 0 Å². The zero-order valence-corrected chi connectivity index (χ0v) is 18.8. The van der Waals surface area contributed by atoms with Gasteiger partial charge in [0.2, 0.25) is 5.60 Å². The molecule has 1 heterocycles. The zero-order chi connectivity index (χ0) is 22.6. The van der Waals surface area contributed by atoms with Crippen LogP contribution >= 0.6 is 0 Å². The number of morpholine rings is 1. The lowest BCUT2D eigenvalue weighted by molar-refractivity contribution is -0.151. The van der Waals surface area contributed by atoms with Gasteiger partial charge in [0.25, 0.3) is 0 Å². The highest BCUT2D eigenvalue weighted by molar-refractivity contribution is 6.04. The average molecular weight is 434 g/mol. The van der Waals surface area contributed by atoms with E-state index in [2.05, 4.69) is 11.0 Å². The molecule has 31 heavy (non-hydrogen) atoms. The van der Waals surface area contributed by atoms with E-state index in [1.807, 2.05) is 31.0 Å². The Bertz CT molecular complexity index is 853. The minimum Gasteiger partial charge on any atom is -0.476 e. The molecule has 0 unspecified atom stereocenters. The molecule has 0 spiro atoms. The highest BCUT2D eigenvalue weighted by Gasteiger charge is 2.54. The molecule has 1 aromatic rings. The number of hydrogen-bond donors (Lipinski definition) is 2. The molecule has 2 aliphatic rings. The Balaban J connectivity index is 0.00000363. The van der Waals surface area contributed by atoms with Crippen molar-refractivity contribution >= 4 is 17.4 Å². The standard InChI is InChI=1S/C22H33N5O4.H2/c1-5-20(27-10-12-30-13-11-27)26(3)25(2)15-19(24)17-14-16(6-7-18(17)23)31-22(8-9-22)21(28)29-4;/h5-7,14,24H,8-13,15,23H2,1-4H3;1H/b20-5+,24-19?;. The molecule has 0 atom stereocenters. The van der Waals surface area contributed by atoms with Crippen molar-refractivity contribution in [2.45, 2.75) is 25.4 Å². The number of esters is 1. The number of nitrogens with two attached hydrogens (primary N) is 1. The van der Waals surface area contributed by atoms with Crippen molar-refractivity contribution in [3.63, 3.8) is 0 Å². The Labute approximate surface area is 185 Å². The number of carbonyl (C=O) groups is 1. The Kier molecular flexibility index (Phi) is 7.07. The Hall–Kier alpha value is -2.78. The van der Waals surface area contributed by atoms with E-state index in [-0.39, 0.29) is 7.40 Å². The van der Waals surface area contributed by atoms with E-state index in [9.17, 15) is 4.79 Å². The SMILES string of the molecule is C/C=C(/N1CCOCC1)N(C)N(C)CC(=N)c1cc(OC2(C(=O)OC)CC2)ccc1N.[HH]. The third kappa shape index (κ3) is 5.11. The summed E-state index contributed by atoms with van der Waals surface area (Å²) in [6.45, 7) is 5.46. The summed E-state index contributed by atoms with van der Waals surface area (Å²) in [5.41, 5.74) is 6.70. The number of allylic oxidation sites excluding steroid dienone is 1. The van der Waals surface area contributed by atoms with Gasteiger partial charge in [-0.15, -0.1) is 0 Å². The van der Waals surface area contributed by atoms with Gasteiger partial charge in [0, 0.05) is 52.7 Å². The summed E-state index contributed by atoms with van der Waals surface area (Å²) in [7, 11) is 5.28. The molecular weight excluding hydrogens is 398 g/mol. The van der Waals surface area contributed by atoms with Crippen molar-refractivity contribution in [1.29, 1.82) is 5.41 Å². The molecule has 0 bridgehead atoms. The minimum absolute atomic E-state index is 0. The predicted molar refractivity (Wildman–Crippen MR) is 121 cm³/mol. The van der Waals surface area contributed by atoms with E-state index in [1.165, 1.54) is 7.11 Å². The highest BCUT2D eigenvalue weighted by Crippen LogP contribution is 2.41. The van der Waals surface area contributed by atoms with E-state index in [0.29, 0.717) is 55.3 Å². The third-order valence-corrected chi connectivity index (χ3v) is 5.75. The van der Waals surface area contributed by atoms with Crippen LogP contribution < -0.4 is 10.5 Å². The molecule has 2 fully saturated rings. The summed E-state index contributed by atoms with van der Waals surface area (Å²) >= 11 is 0. The fourth-order valence-corrected chi connectivity index (χ4v) is 3.69. The van der Waals surface area contributed by atoms with E-state index in [0.717, 1.165) is 18.9 Å². The molecule has 3 rings (SSSR count). The molecule has 3 N–H and O–H groups in total. The van der Waals surface area contributed by atoms with Gasteiger partial charge in [-0.2, -0.15) is 0 Å². The molecule has 1 saturated carbocycles. The van der Waals surface area contributed by atoms with Crippen molar-refractivity contribution in [2.24, 2.45) is 0 Å². The van der Waals surface area contributed by atoms with Crippen LogP contribution in [-0.2, 0) is 14.3 Å². The first kappa shape index (κ1) is 22.9. The predicted octanol–water partition coefficient (Wildman–Crippen LogP) is 1.94. The van der Waals surface area contributed by atoms with Crippen LogP contribution in [0.5, 0.6) is 5.75 Å². The number of likely N-dealkylation sites (N-methyl/N-ethyl adjacent to an activating group) is 1. The zero-order valence-electron chi connectivity index (χ0n) is 18.8. The smallest absolute Gasteiger partial charge is 0.350 e. The number of hydrogen-bond acceptors (Lipinski definition) is 9. The molecule has 1 saturated heterocycles. The molecule has 172 valence electrons. The number of anilines is 1. The Morgan fingerprint density at radius 2 is 2.03 bits per heavy atom. The van der Waals surface area contributed by atoms with Gasteiger partial charge in [-0.3, -0.25) is 5.01 Å². The van der Waals surface area contributed by atoms with Crippen molar-refractivity contribution in [2.75, 3.05) is 59.8 Å². The second kappa shape index (κ2) is 9.57. The molecule has 1 aromatic carbocycles. The van der Waals surface area contributed by atoms with Gasteiger partial charge >= 0.3 is 5.97 Å². The molecule has 0 amide bonds. The summed E-state index contributed by atoms with van der Waals surface area (Å²) in [5.74, 6) is 1.21. The van der Waals surface area contributed by atoms with Crippen molar-refractivity contribution < 1.29 is 20.4 Å². The lowest BCUT2D eigenvalue weighted by Gasteiger charge is -2.40. The number of hydrazine groups is 1. The summed E-state index contributed by atoms with van der Waals surface area (Å²) in [6.07, 6.45) is 3.31. The number of ether oxygens (including phenoxy) is 3. The van der Waals surface area contributed by atoms with Crippen LogP contribution in [0.3, 0.4) is 0 Å². The van der Waals surface area contributed by atoms with Crippen molar-refractivity contribution in [1.82, 2.24) is 14.9 Å². The van der Waals surface area contributed by atoms with E-state index in [1.54, 1.807) is 18.2 Å². The summed E-state index contributed by atoms with van der Waals surface area (Å²) in [4.78, 5) is 14.3. The first-order chi connectivity index (χ1) is 14.8. The molecule has 1 aliphatic carbocycles. The largest absolute Gasteiger partial charge is 0.476 e. The first-order valence-corrected chi connectivity index (χ1v) is 10.5. The summed E-state index contributed by atoms with van der Waals surface area (Å²) < 4.78 is 16.2. The number of methoxy groups -OCH3 is 1. The molecule has 0 radical (unpaired) electrons. The first-order valence-electron chi connectivity index (χ1n) is 10.5. The lowest BCUT2D eigenvalue weighted by Crippen LogP contribution is -2.47. The fraction of sp³-hybridized carbons (Fsp3) is 0.545. The average Bonchev–Trinajstić information content (AvgIpc) is 3.56. The van der Waals surface area contributed by atoms with Crippen LogP contribution in [0.4, 0.5) is 5.69 Å². The normalized spacial score (nSPS) is 18.0. The Morgan fingerprint density at radius 3 is 2.61 bits per heavy atom. The van der Waals surface area contributed by atoms with Crippen LogP contribution in [0, 0.1) is 5.41 Å². The van der Waals surface area contributed by atoms with E-state index >= 15 is 0 Å². The van der Waals surface area contributed by atoms with E-state index in [4.69, 9.17) is 25.4 Å². The van der Waals surface area contributed by atoms with Gasteiger partial charge < -0.3 is 30.3 Å². The molecular formula is C22H35N5O4. The maximum Gasteiger partial charge on any atom is 0.350 e. The molecule has 9 heteroatoms. The topological polar surface area (TPSA) is 104 Å². The molecule has 0 aromatic heterocycles. The quantitative estimate of drug-likeness (QED) is 0.264. The van der Waals surface area contributed by atoms with Crippen LogP contribution in [0.15, 0.2) is 30.1 Å². The Morgan fingerprint density at radius 1 is 1.35 bits per heavy atom. The highest BCUT2D eigenvalue weighted by atomic mass is 16.6. The number of nitrogens with zero attached hydrogens (tertiary/aromatic N) is 3. The van der Waals surface area contributed by atoms with Crippen molar-refractivity contribution in [3.8, 4) is 5.75 Å². The van der Waals surface area contributed by atoms with E-state index < -0.39 is 5.60 Å². The third-order valence-electron chi connectivity index (χ3n) is 5.75. The number of rotatable bonds is 9. The number of nitrogens with one attached hydrogen (secondary N) is 1. The maximum absolute atomic E-state index is 12.0. The van der Waals surface area contributed by atoms with Crippen LogP contribution in [0.2, 0.25) is 0 Å². The van der Waals surface area contributed by atoms with Crippen LogP contribution in [0.1, 0.15) is 26.8 Å². The van der Waals surface area contributed by atoms with Crippen molar-refractivity contribution in [3.05, 3.63) is 35.7 Å². The van der Waals surface area contributed by atoms with Gasteiger partial charge in [0.15, 0.2) is 0 Å². The fourth-order valence-electron chi connectivity index (χ4n) is 3.69. The van der Waals surface area contributed by atoms with Gasteiger partial charge in [0.1, 0.15) is 11.6 Å². The monoisotopic (exact) mass is 433 g/mol. The summed E-state index contributed by atoms with van der Waals surface area (Å²) in [6, 6.07) is 5.16. The number of benzene rings is 1. The van der Waals surface area contributed by atoms with Gasteiger partial charge in [-0.25, -0.2) is 9.80 Å². The van der Waals surface area contributed by atoms with Crippen LogP contribution in [-0.4, -0.2) is 86.3 Å². The van der Waals surface area contributed by atoms with Gasteiger partial charge in [-0.1, -0.05) is 0 Å². The molecule has 1 aliphatic heterocycles.